The monoisotopic (exact) mass is 1280 g/mol. The van der Waals surface area contributed by atoms with Gasteiger partial charge in [0.2, 0.25) is 0 Å². The first-order valence-electron chi connectivity index (χ1n) is 41.1. The molecule has 0 aliphatic rings. The minimum atomic E-state index is -0.933. The molecule has 5 heteroatoms. The van der Waals surface area contributed by atoms with Crippen molar-refractivity contribution in [2.75, 3.05) is 19.6 Å². The van der Waals surface area contributed by atoms with Gasteiger partial charge in [-0.1, -0.05) is 384 Å². The second-order valence-electron chi connectivity index (χ2n) is 28.6. The van der Waals surface area contributed by atoms with Crippen molar-refractivity contribution in [1.29, 1.82) is 0 Å². The van der Waals surface area contributed by atoms with Crippen LogP contribution in [0.15, 0.2) is 115 Å². The maximum absolute atomic E-state index is 7.17. The van der Waals surface area contributed by atoms with E-state index in [1.807, 2.05) is 91.0 Å². The number of unbranched alkanes of at least 4 members (excludes halogenated alkanes) is 51. The molecule has 1 atom stereocenters. The van der Waals surface area contributed by atoms with Crippen LogP contribution in [-0.2, 0) is 0 Å². The molecule has 1 unspecified atom stereocenters. The molecule has 0 aromatic heterocycles. The lowest BCUT2D eigenvalue weighted by atomic mass is 9.92. The highest BCUT2D eigenvalue weighted by Crippen LogP contribution is 2.41. The van der Waals surface area contributed by atoms with Crippen molar-refractivity contribution in [2.24, 2.45) is 0 Å². The standard InChI is InChI=1S/C82H145BNO3.C6H5/c1-5-9-13-17-21-25-29-33-37-41-45-49-53-65-75-84(76-66-54-50-46-42-38-34-30-26-22-18-14-10-6-2,77-67-55-51-47-43-39-35-31-27-23-19-15-11-7-3)81(73-62-52-48-44-40-36-32-28-24-20-16-12-8-4)80-72-63-64-74-82(80)87-83(85-78-68-58-56-59-69-78)86-79-70-60-57-61-71-79;1-2-4-6-5-3-1/h56-61,63-64,68-72,74,81H,5-55,62,65-67,73,75-77H2,1-4H3;1-5H/q+1;-1. The average Bonchev–Trinajstić information content (AvgIpc) is 0.849. The molecule has 0 amide bonds. The maximum atomic E-state index is 7.17. The molecule has 0 N–H and O–H groups in total. The van der Waals surface area contributed by atoms with Gasteiger partial charge in [-0.15, -0.1) is 0 Å². The fourth-order valence-electron chi connectivity index (χ4n) is 14.3. The van der Waals surface area contributed by atoms with Gasteiger partial charge in [0.25, 0.3) is 0 Å². The van der Waals surface area contributed by atoms with Gasteiger partial charge in [-0.3, -0.25) is 0 Å². The molecule has 4 aromatic rings. The molecule has 0 aliphatic heterocycles. The molecular weight excluding hydrogens is 1130 g/mol. The van der Waals surface area contributed by atoms with E-state index in [1.165, 1.54) is 389 Å². The molecule has 0 saturated heterocycles. The molecule has 0 heterocycles. The summed E-state index contributed by atoms with van der Waals surface area (Å²) in [7, 11) is -0.933. The molecule has 4 rings (SSSR count). The van der Waals surface area contributed by atoms with Gasteiger partial charge < -0.3 is 18.4 Å². The third-order valence-electron chi connectivity index (χ3n) is 20.2. The largest absolute Gasteiger partial charge is 0.864 e. The van der Waals surface area contributed by atoms with Crippen LogP contribution in [0.5, 0.6) is 17.2 Å². The number of quaternary nitrogens is 1. The van der Waals surface area contributed by atoms with Gasteiger partial charge in [-0.05, 0) is 81.3 Å². The predicted molar refractivity (Wildman–Crippen MR) is 411 cm³/mol. The van der Waals surface area contributed by atoms with E-state index in [2.05, 4.69) is 58.0 Å². The minimum Gasteiger partial charge on any atom is -0.490 e. The van der Waals surface area contributed by atoms with Crippen LogP contribution in [0.2, 0.25) is 0 Å². The topological polar surface area (TPSA) is 27.7 Å². The molecule has 4 nitrogen and oxygen atoms in total. The molecule has 0 spiro atoms. The number of benzene rings is 4. The zero-order valence-corrected chi connectivity index (χ0v) is 62.0. The van der Waals surface area contributed by atoms with Crippen LogP contribution in [0.1, 0.15) is 399 Å². The normalized spacial score (nSPS) is 11.8. The van der Waals surface area contributed by atoms with Gasteiger partial charge in [0.05, 0.1) is 19.6 Å². The Morgan fingerprint density at radius 3 is 0.785 bits per heavy atom. The molecule has 0 fully saturated rings. The summed E-state index contributed by atoms with van der Waals surface area (Å²) in [5.74, 6) is 2.43. The van der Waals surface area contributed by atoms with E-state index < -0.39 is 7.32 Å². The molecule has 0 bridgehead atoms. The summed E-state index contributed by atoms with van der Waals surface area (Å²) in [5.41, 5.74) is 1.37. The molecule has 4 aromatic carbocycles. The van der Waals surface area contributed by atoms with Crippen molar-refractivity contribution in [3.05, 3.63) is 127 Å². The predicted octanol–water partition coefficient (Wildman–Crippen LogP) is 29.5. The number of para-hydroxylation sites is 3. The van der Waals surface area contributed by atoms with E-state index in [0.29, 0.717) is 6.04 Å². The van der Waals surface area contributed by atoms with E-state index in [1.54, 1.807) is 0 Å². The number of hydrogen-bond acceptors (Lipinski definition) is 3. The van der Waals surface area contributed by atoms with Crippen LogP contribution in [0.3, 0.4) is 0 Å². The first kappa shape index (κ1) is 83.5. The maximum Gasteiger partial charge on any atom is 0.864 e. The van der Waals surface area contributed by atoms with Gasteiger partial charge in [-0.2, -0.15) is 36.4 Å². The zero-order valence-electron chi connectivity index (χ0n) is 62.0. The quantitative estimate of drug-likeness (QED) is 0.0191. The van der Waals surface area contributed by atoms with Crippen LogP contribution in [0.25, 0.3) is 0 Å². The van der Waals surface area contributed by atoms with E-state index >= 15 is 0 Å². The molecule has 0 radical (unpaired) electrons. The van der Waals surface area contributed by atoms with Crippen molar-refractivity contribution in [2.45, 2.75) is 393 Å². The van der Waals surface area contributed by atoms with Gasteiger partial charge in [0.15, 0.2) is 0 Å². The Bertz CT molecular complexity index is 1940. The Kier molecular flexibility index (Phi) is 57.8. The Hall–Kier alpha value is -3.70. The lowest BCUT2D eigenvalue weighted by molar-refractivity contribution is -0.958. The van der Waals surface area contributed by atoms with Crippen LogP contribution in [0, 0.1) is 6.07 Å². The number of nitrogens with zero attached hydrogens (tertiary/aromatic N) is 1. The van der Waals surface area contributed by atoms with Crippen molar-refractivity contribution >= 4 is 7.32 Å². The summed E-state index contributed by atoms with van der Waals surface area (Å²) in [6.45, 7) is 13.1. The fraction of sp³-hybridized carbons (Fsp3) is 0.727. The van der Waals surface area contributed by atoms with Gasteiger partial charge in [-0.25, -0.2) is 0 Å². The van der Waals surface area contributed by atoms with Crippen LogP contribution >= 0.6 is 0 Å². The fourth-order valence-corrected chi connectivity index (χ4v) is 14.3. The summed E-state index contributed by atoms with van der Waals surface area (Å²) in [6, 6.07) is 42.3. The van der Waals surface area contributed by atoms with E-state index in [-0.39, 0.29) is 0 Å². The first-order valence-corrected chi connectivity index (χ1v) is 41.1. The lowest BCUT2D eigenvalue weighted by Gasteiger charge is -2.46. The molecule has 0 aliphatic carbocycles. The Balaban J connectivity index is 0.00000354. The first-order chi connectivity index (χ1) is 46.2. The van der Waals surface area contributed by atoms with Crippen molar-refractivity contribution in [3.63, 3.8) is 0 Å². The zero-order chi connectivity index (χ0) is 65.9. The van der Waals surface area contributed by atoms with Crippen molar-refractivity contribution in [3.8, 4) is 17.2 Å². The molecule has 93 heavy (non-hydrogen) atoms. The van der Waals surface area contributed by atoms with Gasteiger partial charge in [0, 0.05) is 12.0 Å². The highest BCUT2D eigenvalue weighted by atomic mass is 16.7. The minimum absolute atomic E-state index is 0.355. The van der Waals surface area contributed by atoms with Gasteiger partial charge >= 0.3 is 7.32 Å². The summed E-state index contributed by atoms with van der Waals surface area (Å²) in [6.07, 6.45) is 78.3. The second kappa shape index (κ2) is 64.3. The number of rotatable bonds is 67. The molecule has 528 valence electrons. The highest BCUT2D eigenvalue weighted by Gasteiger charge is 2.40. The Morgan fingerprint density at radius 2 is 0.516 bits per heavy atom. The molecular formula is C88H150BNO3. The smallest absolute Gasteiger partial charge is 0.490 e. The van der Waals surface area contributed by atoms with E-state index in [4.69, 9.17) is 14.0 Å². The van der Waals surface area contributed by atoms with E-state index in [9.17, 15) is 0 Å². The Morgan fingerprint density at radius 1 is 0.269 bits per heavy atom. The number of hydrogen-bond donors (Lipinski definition) is 0. The Labute approximate surface area is 579 Å². The lowest BCUT2D eigenvalue weighted by Crippen LogP contribution is -2.53. The summed E-state index contributed by atoms with van der Waals surface area (Å²) in [4.78, 5) is 0. The van der Waals surface area contributed by atoms with Crippen LogP contribution < -0.4 is 14.0 Å². The van der Waals surface area contributed by atoms with Gasteiger partial charge in [0.1, 0.15) is 23.3 Å². The molecule has 0 saturated carbocycles. The summed E-state index contributed by atoms with van der Waals surface area (Å²) >= 11 is 0. The van der Waals surface area contributed by atoms with Crippen molar-refractivity contribution < 1.29 is 18.4 Å². The van der Waals surface area contributed by atoms with Crippen LogP contribution in [-0.4, -0.2) is 31.4 Å². The summed E-state index contributed by atoms with van der Waals surface area (Å²) < 4.78 is 21.7. The van der Waals surface area contributed by atoms with Crippen molar-refractivity contribution in [1.82, 2.24) is 0 Å². The highest BCUT2D eigenvalue weighted by molar-refractivity contribution is 6.39. The second-order valence-corrected chi connectivity index (χ2v) is 28.6. The SMILES string of the molecule is CCCCCCCCCCCCCCCC[N+](CCCCCCCCCCCCCCCC)(CCCCCCCCCCCCCCCC)C(CCCCCCCCCCCCCCC)c1ccccc1OB(Oc1ccccc1)Oc1ccccc1.[c-]1ccccc1. The van der Waals surface area contributed by atoms with E-state index in [0.717, 1.165) is 17.2 Å². The summed E-state index contributed by atoms with van der Waals surface area (Å²) in [5, 5.41) is 0. The van der Waals surface area contributed by atoms with Crippen LogP contribution in [0.4, 0.5) is 0 Å². The third kappa shape index (κ3) is 47.8. The third-order valence-corrected chi connectivity index (χ3v) is 20.2. The average molecular weight is 1280 g/mol.